The molecule has 0 aromatic heterocycles. The van der Waals surface area contributed by atoms with E-state index in [1.54, 1.807) is 7.11 Å². The third-order valence-electron chi connectivity index (χ3n) is 4.67. The second kappa shape index (κ2) is 11.1. The van der Waals surface area contributed by atoms with E-state index in [-0.39, 0.29) is 6.61 Å². The van der Waals surface area contributed by atoms with E-state index in [0.29, 0.717) is 0 Å². The van der Waals surface area contributed by atoms with Crippen molar-refractivity contribution in [2.75, 3.05) is 25.6 Å². The van der Waals surface area contributed by atoms with Gasteiger partial charge in [-0.05, 0) is 42.2 Å². The maximum Gasteiger partial charge on any atom is 0.141 e. The number of nitrogens with zero attached hydrogens (tertiary/aromatic N) is 1. The zero-order valence-electron chi connectivity index (χ0n) is 17.1. The normalized spacial score (nSPS) is 11.6. The number of hydrogen-bond donors (Lipinski definition) is 3. The van der Waals surface area contributed by atoms with Crippen LogP contribution in [0, 0.1) is 0 Å². The van der Waals surface area contributed by atoms with Gasteiger partial charge in [-0.2, -0.15) is 5.10 Å². The number of hydrazone groups is 1. The highest BCUT2D eigenvalue weighted by molar-refractivity contribution is 5.91. The Morgan fingerprint density at radius 2 is 1.96 bits per heavy atom. The van der Waals surface area contributed by atoms with Crippen LogP contribution < -0.4 is 15.5 Å². The number of methoxy groups -OCH3 is 1. The fourth-order valence-electron chi connectivity index (χ4n) is 3.08. The molecule has 0 atom stereocenters. The van der Waals surface area contributed by atoms with Crippen molar-refractivity contribution >= 4 is 23.7 Å². The van der Waals surface area contributed by atoms with Crippen molar-refractivity contribution in [3.8, 4) is 5.75 Å². The van der Waals surface area contributed by atoms with Crippen molar-refractivity contribution in [3.63, 3.8) is 0 Å². The number of aryl methyl sites for hydroxylation is 1. The lowest BCUT2D eigenvalue weighted by Gasteiger charge is -2.17. The summed E-state index contributed by atoms with van der Waals surface area (Å²) in [5, 5.41) is 17.5. The Balaban J connectivity index is 2.54. The third kappa shape index (κ3) is 5.36. The van der Waals surface area contributed by atoms with Crippen LogP contribution in [-0.2, 0) is 6.42 Å². The molecule has 0 spiro atoms. The van der Waals surface area contributed by atoms with Crippen molar-refractivity contribution < 1.29 is 9.84 Å². The minimum Gasteiger partial charge on any atom is -0.495 e. The van der Waals surface area contributed by atoms with Crippen molar-refractivity contribution in [1.82, 2.24) is 5.43 Å². The standard InChI is InChI=1S/C23H31N3O2/c1-5-7-13-25-21-15-18(11-12-22(21)28-4)20(16-27)23(26-24-3)19-10-8-9-17(6-2)14-19/h8-12,14-15,25-27H,3,5-7,13,16H2,1-2,4H3/b23-20+. The predicted molar refractivity (Wildman–Crippen MR) is 119 cm³/mol. The maximum absolute atomic E-state index is 10.2. The molecule has 0 aliphatic carbocycles. The van der Waals surface area contributed by atoms with Crippen LogP contribution >= 0.6 is 0 Å². The first kappa shape index (κ1) is 21.5. The number of aliphatic hydroxyl groups is 1. The summed E-state index contributed by atoms with van der Waals surface area (Å²) < 4.78 is 5.48. The SMILES string of the molecule is C=NN/C(=C(\CO)c1ccc(OC)c(NCCCC)c1)c1cccc(CC)c1. The lowest BCUT2D eigenvalue weighted by molar-refractivity contribution is 0.350. The number of ether oxygens (including phenoxy) is 1. The van der Waals surface area contributed by atoms with Crippen molar-refractivity contribution in [2.24, 2.45) is 5.10 Å². The molecule has 3 N–H and O–H groups in total. The van der Waals surface area contributed by atoms with Gasteiger partial charge in [-0.15, -0.1) is 0 Å². The number of unbranched alkanes of at least 4 members (excludes halogenated alkanes) is 1. The molecule has 2 rings (SSSR count). The second-order valence-corrected chi connectivity index (χ2v) is 6.53. The molecule has 0 heterocycles. The van der Waals surface area contributed by atoms with E-state index in [0.717, 1.165) is 59.6 Å². The molecule has 5 heteroatoms. The molecular formula is C23H31N3O2. The molecule has 0 unspecified atom stereocenters. The van der Waals surface area contributed by atoms with Gasteiger partial charge in [0, 0.05) is 24.4 Å². The van der Waals surface area contributed by atoms with E-state index >= 15 is 0 Å². The lowest BCUT2D eigenvalue weighted by atomic mass is 9.98. The number of benzene rings is 2. The van der Waals surface area contributed by atoms with Crippen LogP contribution in [0.4, 0.5) is 5.69 Å². The third-order valence-corrected chi connectivity index (χ3v) is 4.67. The summed E-state index contributed by atoms with van der Waals surface area (Å²) in [6.07, 6.45) is 3.13. The molecule has 0 saturated carbocycles. The average molecular weight is 382 g/mol. The predicted octanol–water partition coefficient (Wildman–Crippen LogP) is 4.54. The average Bonchev–Trinajstić information content (AvgIpc) is 2.74. The number of hydrogen-bond acceptors (Lipinski definition) is 5. The first-order valence-electron chi connectivity index (χ1n) is 9.75. The Morgan fingerprint density at radius 3 is 2.61 bits per heavy atom. The molecule has 0 bridgehead atoms. The van der Waals surface area contributed by atoms with Gasteiger partial charge in [0.15, 0.2) is 0 Å². The summed E-state index contributed by atoms with van der Waals surface area (Å²) >= 11 is 0. The molecule has 0 saturated heterocycles. The Labute approximate surface area is 168 Å². The molecule has 0 fully saturated rings. The Hall–Kier alpha value is -2.79. The largest absolute Gasteiger partial charge is 0.495 e. The Morgan fingerprint density at radius 1 is 1.14 bits per heavy atom. The molecule has 0 amide bonds. The summed E-state index contributed by atoms with van der Waals surface area (Å²) in [5.41, 5.74) is 8.47. The smallest absolute Gasteiger partial charge is 0.141 e. The van der Waals surface area contributed by atoms with Crippen LogP contribution in [0.3, 0.4) is 0 Å². The highest BCUT2D eigenvalue weighted by atomic mass is 16.5. The Bertz CT molecular complexity index is 815. The van der Waals surface area contributed by atoms with Gasteiger partial charge < -0.3 is 15.2 Å². The zero-order chi connectivity index (χ0) is 20.4. The first-order valence-corrected chi connectivity index (χ1v) is 9.75. The molecular weight excluding hydrogens is 350 g/mol. The van der Waals surface area contributed by atoms with Crippen molar-refractivity contribution in [2.45, 2.75) is 33.1 Å². The van der Waals surface area contributed by atoms with Gasteiger partial charge in [-0.3, -0.25) is 5.43 Å². The van der Waals surface area contributed by atoms with Crippen molar-refractivity contribution in [3.05, 3.63) is 59.2 Å². The highest BCUT2D eigenvalue weighted by Crippen LogP contribution is 2.31. The van der Waals surface area contributed by atoms with E-state index in [9.17, 15) is 5.11 Å². The van der Waals surface area contributed by atoms with Crippen LogP contribution in [-0.4, -0.2) is 32.1 Å². The zero-order valence-corrected chi connectivity index (χ0v) is 17.1. The van der Waals surface area contributed by atoms with Gasteiger partial charge in [0.25, 0.3) is 0 Å². The summed E-state index contributed by atoms with van der Waals surface area (Å²) in [7, 11) is 1.66. The van der Waals surface area contributed by atoms with Gasteiger partial charge in [0.1, 0.15) is 5.75 Å². The summed E-state index contributed by atoms with van der Waals surface area (Å²) in [6.45, 7) is 8.58. The molecule has 5 nitrogen and oxygen atoms in total. The summed E-state index contributed by atoms with van der Waals surface area (Å²) in [5.74, 6) is 0.779. The van der Waals surface area contributed by atoms with Crippen LogP contribution in [0.1, 0.15) is 43.4 Å². The first-order chi connectivity index (χ1) is 13.7. The van der Waals surface area contributed by atoms with E-state index < -0.39 is 0 Å². The van der Waals surface area contributed by atoms with E-state index in [2.05, 4.69) is 48.5 Å². The quantitative estimate of drug-likeness (QED) is 0.231. The monoisotopic (exact) mass is 381 g/mol. The minimum atomic E-state index is -0.130. The molecule has 150 valence electrons. The molecule has 0 aliphatic heterocycles. The number of anilines is 1. The Kier molecular flexibility index (Phi) is 8.56. The van der Waals surface area contributed by atoms with Gasteiger partial charge in [0.2, 0.25) is 0 Å². The van der Waals surface area contributed by atoms with Gasteiger partial charge in [-0.1, -0.05) is 44.5 Å². The van der Waals surface area contributed by atoms with E-state index in [1.807, 2.05) is 30.3 Å². The number of rotatable bonds is 11. The van der Waals surface area contributed by atoms with Gasteiger partial charge >= 0.3 is 0 Å². The fraction of sp³-hybridized carbons (Fsp3) is 0.348. The molecule has 0 aliphatic rings. The molecule has 28 heavy (non-hydrogen) atoms. The highest BCUT2D eigenvalue weighted by Gasteiger charge is 2.14. The van der Waals surface area contributed by atoms with Crippen LogP contribution in [0.2, 0.25) is 0 Å². The lowest BCUT2D eigenvalue weighted by Crippen LogP contribution is -2.10. The van der Waals surface area contributed by atoms with E-state index in [1.165, 1.54) is 5.56 Å². The number of nitrogens with one attached hydrogen (secondary N) is 2. The van der Waals surface area contributed by atoms with Gasteiger partial charge in [-0.25, -0.2) is 0 Å². The molecule has 2 aromatic carbocycles. The topological polar surface area (TPSA) is 65.9 Å². The number of aliphatic hydroxyl groups excluding tert-OH is 1. The molecule has 0 radical (unpaired) electrons. The van der Waals surface area contributed by atoms with Crippen LogP contribution in [0.25, 0.3) is 11.3 Å². The van der Waals surface area contributed by atoms with Crippen LogP contribution in [0.5, 0.6) is 5.75 Å². The maximum atomic E-state index is 10.2. The molecule has 2 aromatic rings. The van der Waals surface area contributed by atoms with Crippen molar-refractivity contribution in [1.29, 1.82) is 0 Å². The van der Waals surface area contributed by atoms with Crippen LogP contribution in [0.15, 0.2) is 47.6 Å². The van der Waals surface area contributed by atoms with E-state index in [4.69, 9.17) is 4.74 Å². The second-order valence-electron chi connectivity index (χ2n) is 6.53. The minimum absolute atomic E-state index is 0.130. The summed E-state index contributed by atoms with van der Waals surface area (Å²) in [4.78, 5) is 0. The van der Waals surface area contributed by atoms with Gasteiger partial charge in [0.05, 0.1) is 25.1 Å². The summed E-state index contributed by atoms with van der Waals surface area (Å²) in [6, 6.07) is 14.1. The fourth-order valence-corrected chi connectivity index (χ4v) is 3.08.